The van der Waals surface area contributed by atoms with Crippen LogP contribution in [0.15, 0.2) is 53.6 Å². The van der Waals surface area contributed by atoms with Crippen molar-refractivity contribution in [2.24, 2.45) is 0 Å². The second-order valence-electron chi connectivity index (χ2n) is 6.03. The van der Waals surface area contributed by atoms with Gasteiger partial charge in [0.05, 0.1) is 24.3 Å². The van der Waals surface area contributed by atoms with Crippen LogP contribution in [0.5, 0.6) is 0 Å². The Morgan fingerprint density at radius 2 is 2.26 bits per heavy atom. The van der Waals surface area contributed by atoms with E-state index in [1.807, 2.05) is 42.3 Å². The average Bonchev–Trinajstić information content (AvgIpc) is 3.30. The lowest BCUT2D eigenvalue weighted by Gasteiger charge is -2.23. The Kier molecular flexibility index (Phi) is 3.71. The monoisotopic (exact) mass is 308 g/mol. The Bertz CT molecular complexity index is 778. The van der Waals surface area contributed by atoms with Gasteiger partial charge < -0.3 is 4.42 Å². The van der Waals surface area contributed by atoms with Crippen LogP contribution >= 0.6 is 0 Å². The van der Waals surface area contributed by atoms with Crippen LogP contribution in [0.1, 0.15) is 36.0 Å². The lowest BCUT2D eigenvalue weighted by Crippen LogP contribution is -2.23. The summed E-state index contributed by atoms with van der Waals surface area (Å²) in [5.74, 6) is 1.89. The molecule has 3 aromatic rings. The molecule has 5 nitrogen and oxygen atoms in total. The van der Waals surface area contributed by atoms with E-state index >= 15 is 0 Å². The third-order valence-electron chi connectivity index (χ3n) is 4.50. The van der Waals surface area contributed by atoms with Gasteiger partial charge in [0, 0.05) is 24.5 Å². The van der Waals surface area contributed by atoms with Gasteiger partial charge in [-0.15, -0.1) is 0 Å². The summed E-state index contributed by atoms with van der Waals surface area (Å²) in [4.78, 5) is 11.7. The highest BCUT2D eigenvalue weighted by Gasteiger charge is 2.27. The van der Waals surface area contributed by atoms with Gasteiger partial charge in [-0.05, 0) is 44.5 Å². The van der Waals surface area contributed by atoms with Crippen molar-refractivity contribution in [3.8, 4) is 5.82 Å². The number of imidazole rings is 1. The van der Waals surface area contributed by atoms with Crippen LogP contribution in [0.4, 0.5) is 0 Å². The fourth-order valence-corrected chi connectivity index (χ4v) is 3.35. The molecule has 0 radical (unpaired) electrons. The van der Waals surface area contributed by atoms with Gasteiger partial charge in [0.15, 0.2) is 0 Å². The number of likely N-dealkylation sites (tertiary alicyclic amines) is 1. The van der Waals surface area contributed by atoms with Gasteiger partial charge in [-0.25, -0.2) is 9.97 Å². The summed E-state index contributed by atoms with van der Waals surface area (Å²) in [5.41, 5.74) is 2.36. The molecule has 1 aliphatic heterocycles. The standard InChI is InChI=1S/C18H20N4O/c1-14-19-8-10-22(14)18-6-2-4-16(20-18)17-5-3-9-21(17)12-15-7-11-23-13-15/h2,4,6-8,10-11,13,17H,3,5,9,12H2,1H3/t17-/m0/s1. The zero-order valence-corrected chi connectivity index (χ0v) is 13.2. The number of rotatable bonds is 4. The van der Waals surface area contributed by atoms with Crippen molar-refractivity contribution < 1.29 is 4.42 Å². The second-order valence-corrected chi connectivity index (χ2v) is 6.03. The van der Waals surface area contributed by atoms with E-state index in [9.17, 15) is 0 Å². The van der Waals surface area contributed by atoms with Crippen molar-refractivity contribution >= 4 is 0 Å². The van der Waals surface area contributed by atoms with Crippen molar-refractivity contribution in [3.05, 3.63) is 66.3 Å². The minimum atomic E-state index is 0.369. The first-order valence-electron chi connectivity index (χ1n) is 8.04. The molecule has 0 N–H and O–H groups in total. The van der Waals surface area contributed by atoms with Gasteiger partial charge in [-0.1, -0.05) is 6.07 Å². The van der Waals surface area contributed by atoms with Crippen LogP contribution in [-0.2, 0) is 6.54 Å². The number of aryl methyl sites for hydroxylation is 1. The molecule has 0 unspecified atom stereocenters. The molecule has 0 aliphatic carbocycles. The summed E-state index contributed by atoms with van der Waals surface area (Å²) in [5, 5.41) is 0. The Labute approximate surface area is 135 Å². The molecular formula is C18H20N4O. The Morgan fingerprint density at radius 3 is 3.04 bits per heavy atom. The number of pyridine rings is 1. The van der Waals surface area contributed by atoms with E-state index < -0.39 is 0 Å². The first-order valence-corrected chi connectivity index (χ1v) is 8.04. The zero-order valence-electron chi connectivity index (χ0n) is 13.2. The number of hydrogen-bond donors (Lipinski definition) is 0. The predicted octanol–water partition coefficient (Wildman–Crippen LogP) is 3.51. The van der Waals surface area contributed by atoms with Crippen LogP contribution in [0.2, 0.25) is 0 Å². The maximum atomic E-state index is 5.19. The van der Waals surface area contributed by atoms with Gasteiger partial charge in [-0.2, -0.15) is 0 Å². The Hall–Kier alpha value is -2.40. The topological polar surface area (TPSA) is 47.1 Å². The van der Waals surface area contributed by atoms with E-state index in [-0.39, 0.29) is 0 Å². The first kappa shape index (κ1) is 14.2. The largest absolute Gasteiger partial charge is 0.472 e. The molecule has 0 spiro atoms. The second kappa shape index (κ2) is 6.01. The van der Waals surface area contributed by atoms with Crippen molar-refractivity contribution in [3.63, 3.8) is 0 Å². The van der Waals surface area contributed by atoms with E-state index in [1.165, 1.54) is 12.0 Å². The first-order chi connectivity index (χ1) is 11.3. The zero-order chi connectivity index (χ0) is 15.6. The fourth-order valence-electron chi connectivity index (χ4n) is 3.35. The molecule has 4 heterocycles. The molecule has 5 heteroatoms. The van der Waals surface area contributed by atoms with Crippen LogP contribution in [-0.4, -0.2) is 26.0 Å². The minimum Gasteiger partial charge on any atom is -0.472 e. The summed E-state index contributed by atoms with van der Waals surface area (Å²) in [6, 6.07) is 8.66. The highest BCUT2D eigenvalue weighted by molar-refractivity contribution is 5.28. The van der Waals surface area contributed by atoms with Crippen LogP contribution < -0.4 is 0 Å². The molecule has 1 aliphatic rings. The highest BCUT2D eigenvalue weighted by Crippen LogP contribution is 2.32. The molecule has 0 amide bonds. The summed E-state index contributed by atoms with van der Waals surface area (Å²) >= 11 is 0. The van der Waals surface area contributed by atoms with Crippen molar-refractivity contribution in [1.29, 1.82) is 0 Å². The lowest BCUT2D eigenvalue weighted by molar-refractivity contribution is 0.243. The molecular weight excluding hydrogens is 288 g/mol. The van der Waals surface area contributed by atoms with E-state index in [0.29, 0.717) is 6.04 Å². The van der Waals surface area contributed by atoms with Crippen molar-refractivity contribution in [1.82, 2.24) is 19.4 Å². The Morgan fingerprint density at radius 1 is 1.30 bits per heavy atom. The fraction of sp³-hybridized carbons (Fsp3) is 0.333. The SMILES string of the molecule is Cc1nccn1-c1cccc([C@@H]2CCCN2Cc2ccoc2)n1. The lowest BCUT2D eigenvalue weighted by atomic mass is 10.1. The van der Waals surface area contributed by atoms with Crippen LogP contribution in [0.25, 0.3) is 5.82 Å². The summed E-state index contributed by atoms with van der Waals surface area (Å²) in [6.45, 7) is 4.01. The number of furan rings is 1. The highest BCUT2D eigenvalue weighted by atomic mass is 16.3. The smallest absolute Gasteiger partial charge is 0.138 e. The van der Waals surface area contributed by atoms with Gasteiger partial charge >= 0.3 is 0 Å². The molecule has 0 aromatic carbocycles. The van der Waals surface area contributed by atoms with Crippen LogP contribution in [0, 0.1) is 6.92 Å². The van der Waals surface area contributed by atoms with Crippen molar-refractivity contribution in [2.75, 3.05) is 6.54 Å². The number of nitrogens with zero attached hydrogens (tertiary/aromatic N) is 4. The van der Waals surface area contributed by atoms with Gasteiger partial charge in [-0.3, -0.25) is 9.47 Å². The predicted molar refractivity (Wildman–Crippen MR) is 87.2 cm³/mol. The van der Waals surface area contributed by atoms with Crippen molar-refractivity contribution in [2.45, 2.75) is 32.4 Å². The van der Waals surface area contributed by atoms with E-state index in [4.69, 9.17) is 9.40 Å². The quantitative estimate of drug-likeness (QED) is 0.740. The minimum absolute atomic E-state index is 0.369. The third-order valence-corrected chi connectivity index (χ3v) is 4.50. The summed E-state index contributed by atoms with van der Waals surface area (Å²) < 4.78 is 7.22. The number of aromatic nitrogens is 3. The molecule has 4 rings (SSSR count). The molecule has 0 saturated carbocycles. The van der Waals surface area contributed by atoms with E-state index in [1.54, 1.807) is 6.26 Å². The molecule has 1 fully saturated rings. The molecule has 23 heavy (non-hydrogen) atoms. The molecule has 3 aromatic heterocycles. The van der Waals surface area contributed by atoms with Gasteiger partial charge in [0.25, 0.3) is 0 Å². The Balaban J connectivity index is 1.60. The summed E-state index contributed by atoms with van der Waals surface area (Å²) in [7, 11) is 0. The van der Waals surface area contributed by atoms with Gasteiger partial charge in [0.2, 0.25) is 0 Å². The summed E-state index contributed by atoms with van der Waals surface area (Å²) in [6.07, 6.45) is 9.69. The normalized spacial score (nSPS) is 18.6. The van der Waals surface area contributed by atoms with E-state index in [2.05, 4.69) is 22.0 Å². The maximum absolute atomic E-state index is 5.19. The molecule has 1 saturated heterocycles. The third kappa shape index (κ3) is 2.80. The van der Waals surface area contributed by atoms with Gasteiger partial charge in [0.1, 0.15) is 11.6 Å². The maximum Gasteiger partial charge on any atom is 0.138 e. The molecule has 0 bridgehead atoms. The molecule has 1 atom stereocenters. The number of hydrogen-bond acceptors (Lipinski definition) is 4. The van der Waals surface area contributed by atoms with Crippen LogP contribution in [0.3, 0.4) is 0 Å². The average molecular weight is 308 g/mol. The van der Waals surface area contributed by atoms with E-state index in [0.717, 1.165) is 36.8 Å². The molecule has 118 valence electrons.